The van der Waals surface area contributed by atoms with E-state index in [0.717, 1.165) is 64.5 Å². The number of nitrogens with zero attached hydrogens (tertiary/aromatic N) is 2. The molecule has 0 aliphatic carbocycles. The summed E-state index contributed by atoms with van der Waals surface area (Å²) >= 11 is 5.98. The monoisotopic (exact) mass is 500 g/mol. The molecule has 2 aliphatic rings. The maximum Gasteiger partial charge on any atom is 0.122 e. The molecule has 2 aromatic carbocycles. The fourth-order valence-corrected chi connectivity index (χ4v) is 5.76. The van der Waals surface area contributed by atoms with Gasteiger partial charge in [0.15, 0.2) is 0 Å². The number of halogens is 1. The van der Waals surface area contributed by atoms with Gasteiger partial charge in [-0.15, -0.1) is 0 Å². The van der Waals surface area contributed by atoms with E-state index in [1.165, 1.54) is 12.8 Å². The van der Waals surface area contributed by atoms with E-state index < -0.39 is 5.60 Å². The normalized spacial score (nSPS) is 23.2. The molecule has 3 heterocycles. The number of benzene rings is 2. The number of fused-ring (bicyclic) bond motifs is 2. The lowest BCUT2D eigenvalue weighted by Gasteiger charge is -2.43. The van der Waals surface area contributed by atoms with Crippen LogP contribution in [-0.2, 0) is 0 Å². The van der Waals surface area contributed by atoms with E-state index in [1.807, 2.05) is 54.7 Å². The van der Waals surface area contributed by atoms with Crippen LogP contribution < -0.4 is 4.74 Å². The minimum Gasteiger partial charge on any atom is -0.492 e. The molecular weight excluding hydrogens is 468 g/mol. The number of ether oxygens (including phenoxy) is 1. The molecule has 186 valence electrons. The molecule has 4 nitrogen and oxygen atoms in total. The van der Waals surface area contributed by atoms with Crippen molar-refractivity contribution in [2.24, 2.45) is 0 Å². The van der Waals surface area contributed by atoms with Gasteiger partial charge >= 0.3 is 0 Å². The van der Waals surface area contributed by atoms with Gasteiger partial charge in [-0.25, -0.2) is 4.98 Å². The SMILES string of the molecule is CCC1(O)CC2CCC(C1)N2CCOc1ccc(C#Cc2ccc(-c3ccc(Cl)cc3)cn2)cc1C. The van der Waals surface area contributed by atoms with Crippen molar-refractivity contribution in [3.05, 3.63) is 82.6 Å². The first-order valence-electron chi connectivity index (χ1n) is 12.9. The summed E-state index contributed by atoms with van der Waals surface area (Å²) in [7, 11) is 0. The van der Waals surface area contributed by atoms with Crippen LogP contribution in [0.4, 0.5) is 0 Å². The van der Waals surface area contributed by atoms with E-state index in [-0.39, 0.29) is 0 Å². The predicted molar refractivity (Wildman–Crippen MR) is 145 cm³/mol. The number of aromatic nitrogens is 1. The minimum absolute atomic E-state index is 0.467. The number of piperidine rings is 1. The second kappa shape index (κ2) is 10.6. The third-order valence-corrected chi connectivity index (χ3v) is 7.97. The molecule has 2 saturated heterocycles. The van der Waals surface area contributed by atoms with Gasteiger partial charge in [0.1, 0.15) is 18.1 Å². The second-order valence-corrected chi connectivity index (χ2v) is 10.6. The van der Waals surface area contributed by atoms with Gasteiger partial charge in [0.05, 0.1) is 5.60 Å². The summed E-state index contributed by atoms with van der Waals surface area (Å²) in [6.07, 6.45) is 6.86. The van der Waals surface area contributed by atoms with Crippen LogP contribution in [0.2, 0.25) is 5.02 Å². The molecule has 0 radical (unpaired) electrons. The highest BCUT2D eigenvalue weighted by molar-refractivity contribution is 6.30. The number of pyridine rings is 1. The molecule has 2 aliphatic heterocycles. The zero-order valence-corrected chi connectivity index (χ0v) is 21.8. The highest BCUT2D eigenvalue weighted by Gasteiger charge is 2.46. The smallest absolute Gasteiger partial charge is 0.122 e. The Morgan fingerprint density at radius 2 is 1.75 bits per heavy atom. The molecule has 3 aromatic rings. The fraction of sp³-hybridized carbons (Fsp3) is 0.387. The molecular formula is C31H33ClN2O2. The van der Waals surface area contributed by atoms with Gasteiger partial charge in [0.25, 0.3) is 0 Å². The molecule has 1 N–H and O–H groups in total. The highest BCUT2D eigenvalue weighted by Crippen LogP contribution is 2.41. The van der Waals surface area contributed by atoms with Crippen molar-refractivity contribution in [1.82, 2.24) is 9.88 Å². The molecule has 0 saturated carbocycles. The quantitative estimate of drug-likeness (QED) is 0.406. The lowest BCUT2D eigenvalue weighted by atomic mass is 9.84. The van der Waals surface area contributed by atoms with Crippen LogP contribution in [0.15, 0.2) is 60.8 Å². The van der Waals surface area contributed by atoms with Crippen molar-refractivity contribution in [2.75, 3.05) is 13.2 Å². The van der Waals surface area contributed by atoms with Gasteiger partial charge < -0.3 is 9.84 Å². The number of hydrogen-bond donors (Lipinski definition) is 1. The Balaban J connectivity index is 1.16. The van der Waals surface area contributed by atoms with Gasteiger partial charge in [-0.2, -0.15) is 0 Å². The third kappa shape index (κ3) is 5.60. The standard InChI is InChI=1S/C31H33ClN2O2/c1-3-31(35)19-28-13-14-29(20-31)34(28)16-17-36-30-15-5-23(18-22(30)2)4-11-27-12-8-25(21-33-27)24-6-9-26(32)10-7-24/h5-10,12,15,18,21,28-29,35H,3,13-14,16-17,19-20H2,1-2H3. The maximum atomic E-state index is 10.8. The van der Waals surface area contributed by atoms with E-state index in [2.05, 4.69) is 41.6 Å². The lowest BCUT2D eigenvalue weighted by Crippen LogP contribution is -2.51. The molecule has 5 rings (SSSR count). The Bertz CT molecular complexity index is 1250. The highest BCUT2D eigenvalue weighted by atomic mass is 35.5. The second-order valence-electron chi connectivity index (χ2n) is 10.1. The van der Waals surface area contributed by atoms with E-state index in [4.69, 9.17) is 16.3 Å². The van der Waals surface area contributed by atoms with Crippen molar-refractivity contribution >= 4 is 11.6 Å². The molecule has 2 fully saturated rings. The van der Waals surface area contributed by atoms with Crippen molar-refractivity contribution in [2.45, 2.75) is 63.6 Å². The summed E-state index contributed by atoms with van der Waals surface area (Å²) in [5.41, 5.74) is 4.40. The van der Waals surface area contributed by atoms with Crippen LogP contribution in [-0.4, -0.2) is 45.8 Å². The van der Waals surface area contributed by atoms with Crippen molar-refractivity contribution in [3.8, 4) is 28.7 Å². The predicted octanol–water partition coefficient (Wildman–Crippen LogP) is 6.26. The topological polar surface area (TPSA) is 45.6 Å². The maximum absolute atomic E-state index is 10.8. The van der Waals surface area contributed by atoms with Crippen LogP contribution in [0.3, 0.4) is 0 Å². The van der Waals surface area contributed by atoms with Gasteiger partial charge in [0, 0.05) is 41.0 Å². The largest absolute Gasteiger partial charge is 0.492 e. The van der Waals surface area contributed by atoms with Gasteiger partial charge in [0.2, 0.25) is 0 Å². The molecule has 1 aromatic heterocycles. The van der Waals surface area contributed by atoms with Crippen molar-refractivity contribution in [1.29, 1.82) is 0 Å². The van der Waals surface area contributed by atoms with E-state index in [9.17, 15) is 5.11 Å². The summed E-state index contributed by atoms with van der Waals surface area (Å²) < 4.78 is 6.15. The summed E-state index contributed by atoms with van der Waals surface area (Å²) in [5, 5.41) is 11.5. The average Bonchev–Trinajstić information content (AvgIpc) is 3.14. The Morgan fingerprint density at radius 1 is 1.03 bits per heavy atom. The lowest BCUT2D eigenvalue weighted by molar-refractivity contribution is -0.0563. The van der Waals surface area contributed by atoms with Crippen molar-refractivity contribution in [3.63, 3.8) is 0 Å². The van der Waals surface area contributed by atoms with Gasteiger partial charge in [-0.3, -0.25) is 4.90 Å². The van der Waals surface area contributed by atoms with Crippen LogP contribution in [0.25, 0.3) is 11.1 Å². The van der Waals surface area contributed by atoms with Crippen LogP contribution in [0.1, 0.15) is 55.8 Å². The first-order valence-corrected chi connectivity index (χ1v) is 13.3. The van der Waals surface area contributed by atoms with E-state index >= 15 is 0 Å². The summed E-state index contributed by atoms with van der Waals surface area (Å²) in [4.78, 5) is 7.06. The minimum atomic E-state index is -0.467. The number of rotatable bonds is 6. The molecule has 2 bridgehead atoms. The number of aliphatic hydroxyl groups is 1. The van der Waals surface area contributed by atoms with E-state index in [0.29, 0.717) is 18.7 Å². The first-order chi connectivity index (χ1) is 17.4. The molecule has 0 amide bonds. The Kier molecular flexibility index (Phi) is 7.34. The van der Waals surface area contributed by atoms with Crippen LogP contribution >= 0.6 is 11.6 Å². The fourth-order valence-electron chi connectivity index (χ4n) is 5.63. The zero-order valence-electron chi connectivity index (χ0n) is 21.0. The van der Waals surface area contributed by atoms with Gasteiger partial charge in [-0.1, -0.05) is 42.6 Å². The van der Waals surface area contributed by atoms with Crippen LogP contribution in [0.5, 0.6) is 5.75 Å². The molecule has 5 heteroatoms. The molecule has 36 heavy (non-hydrogen) atoms. The van der Waals surface area contributed by atoms with Gasteiger partial charge in [-0.05, 0) is 92.5 Å². The van der Waals surface area contributed by atoms with Crippen LogP contribution in [0, 0.1) is 18.8 Å². The average molecular weight is 501 g/mol. The molecule has 0 spiro atoms. The van der Waals surface area contributed by atoms with E-state index in [1.54, 1.807) is 0 Å². The Labute approximate surface area is 219 Å². The Hall–Kier alpha value is -2.84. The molecule has 2 unspecified atom stereocenters. The Morgan fingerprint density at radius 3 is 2.39 bits per heavy atom. The number of hydrogen-bond acceptors (Lipinski definition) is 4. The molecule has 2 atom stereocenters. The zero-order chi connectivity index (χ0) is 25.1. The first kappa shape index (κ1) is 24.8. The summed E-state index contributed by atoms with van der Waals surface area (Å²) in [6.45, 7) is 5.73. The third-order valence-electron chi connectivity index (χ3n) is 7.72. The summed E-state index contributed by atoms with van der Waals surface area (Å²) in [5.74, 6) is 7.28. The summed E-state index contributed by atoms with van der Waals surface area (Å²) in [6, 6.07) is 18.8. The van der Waals surface area contributed by atoms with Crippen molar-refractivity contribution < 1.29 is 9.84 Å². The number of aryl methyl sites for hydroxylation is 1.